The van der Waals surface area contributed by atoms with Crippen LogP contribution in [0.15, 0.2) is 53.0 Å². The van der Waals surface area contributed by atoms with Crippen molar-refractivity contribution in [3.05, 3.63) is 58.7 Å². The fourth-order valence-electron chi connectivity index (χ4n) is 2.76. The Labute approximate surface area is 130 Å². The molecule has 2 aromatic carbocycles. The molecule has 4 aromatic rings. The molecule has 0 spiro atoms. The zero-order valence-electron chi connectivity index (χ0n) is 11.4. The highest BCUT2D eigenvalue weighted by atomic mass is 79.9. The summed E-state index contributed by atoms with van der Waals surface area (Å²) in [5, 5.41) is 9.60. The van der Waals surface area contributed by atoms with Crippen LogP contribution in [0.2, 0.25) is 0 Å². The van der Waals surface area contributed by atoms with Crippen molar-refractivity contribution in [2.45, 2.75) is 6.92 Å². The molecule has 4 rings (SSSR count). The molecule has 3 nitrogen and oxygen atoms in total. The van der Waals surface area contributed by atoms with Crippen LogP contribution in [-0.2, 0) is 0 Å². The highest BCUT2D eigenvalue weighted by Crippen LogP contribution is 2.36. The van der Waals surface area contributed by atoms with Crippen LogP contribution in [0.3, 0.4) is 0 Å². The number of benzene rings is 2. The van der Waals surface area contributed by atoms with E-state index in [1.54, 1.807) is 0 Å². The quantitative estimate of drug-likeness (QED) is 0.539. The van der Waals surface area contributed by atoms with Gasteiger partial charge < -0.3 is 0 Å². The molecule has 1 N–H and O–H groups in total. The average molecular weight is 338 g/mol. The van der Waals surface area contributed by atoms with Crippen LogP contribution in [0.25, 0.3) is 33.1 Å². The number of nitrogens with one attached hydrogen (secondary N) is 1. The Kier molecular flexibility index (Phi) is 2.79. The average Bonchev–Trinajstić information content (AvgIpc) is 2.87. The van der Waals surface area contributed by atoms with Crippen molar-refractivity contribution in [1.82, 2.24) is 15.2 Å². The predicted molar refractivity (Wildman–Crippen MR) is 89.3 cm³/mol. The first-order valence-electron chi connectivity index (χ1n) is 6.73. The number of nitrogens with zero attached hydrogens (tertiary/aromatic N) is 2. The molecule has 0 bridgehead atoms. The molecule has 2 aromatic heterocycles. The number of aromatic amines is 1. The van der Waals surface area contributed by atoms with E-state index in [2.05, 4.69) is 61.4 Å². The molecule has 0 aliphatic rings. The highest BCUT2D eigenvalue weighted by molar-refractivity contribution is 9.10. The molecule has 0 aliphatic heterocycles. The van der Waals surface area contributed by atoms with Gasteiger partial charge in [0.15, 0.2) is 5.65 Å². The molecule has 0 atom stereocenters. The van der Waals surface area contributed by atoms with Crippen LogP contribution in [0.1, 0.15) is 5.69 Å². The van der Waals surface area contributed by atoms with Gasteiger partial charge in [0.05, 0.1) is 10.9 Å². The lowest BCUT2D eigenvalue weighted by Gasteiger charge is -2.09. The molecule has 0 aliphatic carbocycles. The molecule has 0 saturated heterocycles. The van der Waals surface area contributed by atoms with Crippen LogP contribution < -0.4 is 0 Å². The Hall–Kier alpha value is -2.20. The van der Waals surface area contributed by atoms with E-state index in [4.69, 9.17) is 0 Å². The Morgan fingerprint density at radius 2 is 1.86 bits per heavy atom. The Morgan fingerprint density at radius 3 is 2.67 bits per heavy atom. The van der Waals surface area contributed by atoms with E-state index in [0.29, 0.717) is 0 Å². The summed E-state index contributed by atoms with van der Waals surface area (Å²) in [5.41, 5.74) is 5.12. The van der Waals surface area contributed by atoms with Crippen molar-refractivity contribution in [3.8, 4) is 11.1 Å². The Bertz CT molecular complexity index is 958. The number of aromatic nitrogens is 3. The van der Waals surface area contributed by atoms with Gasteiger partial charge in [-0.3, -0.25) is 5.10 Å². The largest absolute Gasteiger partial charge is 0.280 e. The number of fused-ring (bicyclic) bond motifs is 2. The van der Waals surface area contributed by atoms with Crippen molar-refractivity contribution >= 4 is 37.9 Å². The smallest absolute Gasteiger partial charge is 0.182 e. The second-order valence-corrected chi connectivity index (χ2v) is 5.98. The van der Waals surface area contributed by atoms with Gasteiger partial charge in [0.2, 0.25) is 0 Å². The van der Waals surface area contributed by atoms with Crippen LogP contribution in [0, 0.1) is 6.92 Å². The minimum absolute atomic E-state index is 0.765. The van der Waals surface area contributed by atoms with E-state index in [1.165, 1.54) is 11.1 Å². The van der Waals surface area contributed by atoms with Gasteiger partial charge in [0, 0.05) is 21.1 Å². The molecule has 21 heavy (non-hydrogen) atoms. The summed E-state index contributed by atoms with van der Waals surface area (Å²) in [6.07, 6.45) is 0. The number of rotatable bonds is 1. The lowest BCUT2D eigenvalue weighted by molar-refractivity contribution is 1.06. The minimum Gasteiger partial charge on any atom is -0.280 e. The summed E-state index contributed by atoms with van der Waals surface area (Å²) in [6, 6.07) is 16.5. The first-order valence-corrected chi connectivity index (χ1v) is 7.53. The SMILES string of the molecule is Cc1[nH]nc2nc3ccc(Br)cc3c(-c3ccccc3)c12. The monoisotopic (exact) mass is 337 g/mol. The fourth-order valence-corrected chi connectivity index (χ4v) is 3.12. The fraction of sp³-hybridized carbons (Fsp3) is 0.0588. The molecule has 0 saturated carbocycles. The van der Waals surface area contributed by atoms with Crippen LogP contribution in [0.4, 0.5) is 0 Å². The standard InChI is InChI=1S/C17H12BrN3/c1-10-15-16(11-5-3-2-4-6-11)13-9-12(18)7-8-14(13)19-17(15)21-20-10/h2-9H,1H3,(H,19,20,21). The number of hydrogen-bond acceptors (Lipinski definition) is 2. The molecule has 0 fully saturated rings. The van der Waals surface area contributed by atoms with Crippen molar-refractivity contribution in [3.63, 3.8) is 0 Å². The maximum atomic E-state index is 4.66. The topological polar surface area (TPSA) is 41.6 Å². The zero-order valence-corrected chi connectivity index (χ0v) is 13.0. The van der Waals surface area contributed by atoms with Gasteiger partial charge in [-0.1, -0.05) is 46.3 Å². The molecular formula is C17H12BrN3. The van der Waals surface area contributed by atoms with Gasteiger partial charge in [-0.25, -0.2) is 4.98 Å². The Morgan fingerprint density at radius 1 is 1.05 bits per heavy atom. The number of hydrogen-bond donors (Lipinski definition) is 1. The lowest BCUT2D eigenvalue weighted by Crippen LogP contribution is -1.88. The summed E-state index contributed by atoms with van der Waals surface area (Å²) < 4.78 is 1.05. The van der Waals surface area contributed by atoms with Gasteiger partial charge in [-0.05, 0) is 30.7 Å². The Balaban J connectivity index is 2.26. The van der Waals surface area contributed by atoms with Crippen molar-refractivity contribution in [2.24, 2.45) is 0 Å². The number of pyridine rings is 1. The summed E-state index contributed by atoms with van der Waals surface area (Å²) in [5.74, 6) is 0. The summed E-state index contributed by atoms with van der Waals surface area (Å²) in [6.45, 7) is 2.03. The molecule has 0 unspecified atom stereocenters. The third kappa shape index (κ3) is 1.94. The van der Waals surface area contributed by atoms with E-state index in [0.717, 1.165) is 32.1 Å². The maximum Gasteiger partial charge on any atom is 0.182 e. The lowest BCUT2D eigenvalue weighted by atomic mass is 9.97. The molecular weight excluding hydrogens is 326 g/mol. The van der Waals surface area contributed by atoms with Crippen LogP contribution >= 0.6 is 15.9 Å². The van der Waals surface area contributed by atoms with E-state index in [-0.39, 0.29) is 0 Å². The van der Waals surface area contributed by atoms with Crippen molar-refractivity contribution in [2.75, 3.05) is 0 Å². The summed E-state index contributed by atoms with van der Waals surface area (Å²) in [4.78, 5) is 4.66. The first-order chi connectivity index (χ1) is 10.2. The van der Waals surface area contributed by atoms with E-state index in [9.17, 15) is 0 Å². The molecule has 2 heterocycles. The molecule has 0 radical (unpaired) electrons. The third-order valence-corrected chi connectivity index (χ3v) is 4.19. The maximum absolute atomic E-state index is 4.66. The van der Waals surface area contributed by atoms with E-state index in [1.807, 2.05) is 25.1 Å². The summed E-state index contributed by atoms with van der Waals surface area (Å²) >= 11 is 3.56. The highest BCUT2D eigenvalue weighted by Gasteiger charge is 2.15. The van der Waals surface area contributed by atoms with Crippen molar-refractivity contribution in [1.29, 1.82) is 0 Å². The van der Waals surface area contributed by atoms with E-state index < -0.39 is 0 Å². The third-order valence-electron chi connectivity index (χ3n) is 3.69. The first kappa shape index (κ1) is 12.5. The van der Waals surface area contributed by atoms with Gasteiger partial charge in [-0.2, -0.15) is 5.10 Å². The molecule has 102 valence electrons. The molecule has 0 amide bonds. The minimum atomic E-state index is 0.765. The van der Waals surface area contributed by atoms with Gasteiger partial charge >= 0.3 is 0 Å². The normalized spacial score (nSPS) is 11.3. The second-order valence-electron chi connectivity index (χ2n) is 5.06. The van der Waals surface area contributed by atoms with E-state index >= 15 is 0 Å². The van der Waals surface area contributed by atoms with Crippen molar-refractivity contribution < 1.29 is 0 Å². The zero-order chi connectivity index (χ0) is 14.4. The van der Waals surface area contributed by atoms with Crippen LogP contribution in [0.5, 0.6) is 0 Å². The van der Waals surface area contributed by atoms with Gasteiger partial charge in [0.1, 0.15) is 0 Å². The summed E-state index contributed by atoms with van der Waals surface area (Å²) in [7, 11) is 0. The second kappa shape index (κ2) is 4.67. The number of H-pyrrole nitrogens is 1. The predicted octanol–water partition coefficient (Wildman–Crippen LogP) is 4.85. The van der Waals surface area contributed by atoms with Gasteiger partial charge in [-0.15, -0.1) is 0 Å². The van der Waals surface area contributed by atoms with Gasteiger partial charge in [0.25, 0.3) is 0 Å². The number of halogens is 1. The molecule has 4 heteroatoms. The number of aryl methyl sites for hydroxylation is 1. The van der Waals surface area contributed by atoms with Crippen LogP contribution in [-0.4, -0.2) is 15.2 Å².